The van der Waals surface area contributed by atoms with E-state index in [1.54, 1.807) is 0 Å². The fourth-order valence-corrected chi connectivity index (χ4v) is 2.06. The van der Waals surface area contributed by atoms with Gasteiger partial charge in [-0.15, -0.1) is 0 Å². The van der Waals surface area contributed by atoms with Gasteiger partial charge in [-0.05, 0) is 40.0 Å². The van der Waals surface area contributed by atoms with Gasteiger partial charge >= 0.3 is 6.09 Å². The lowest BCUT2D eigenvalue weighted by Crippen LogP contribution is -2.52. The van der Waals surface area contributed by atoms with Crippen LogP contribution in [0.25, 0.3) is 0 Å². The van der Waals surface area contributed by atoms with Gasteiger partial charge in [0.05, 0.1) is 12.1 Å². The average Bonchev–Trinajstić information content (AvgIpc) is 2.18. The zero-order valence-corrected chi connectivity index (χ0v) is 10.8. The van der Waals surface area contributed by atoms with Crippen LogP contribution in [-0.2, 0) is 4.74 Å². The Labute approximate surface area is 102 Å². The van der Waals surface area contributed by atoms with Gasteiger partial charge in [-0.1, -0.05) is 0 Å². The Balaban J connectivity index is 2.68. The minimum Gasteiger partial charge on any atom is -0.444 e. The number of aliphatic hydroxyl groups excluding tert-OH is 2. The van der Waals surface area contributed by atoms with Gasteiger partial charge < -0.3 is 19.8 Å². The van der Waals surface area contributed by atoms with Crippen molar-refractivity contribution in [3.63, 3.8) is 0 Å². The van der Waals surface area contributed by atoms with Gasteiger partial charge in [0.15, 0.2) is 0 Å². The Morgan fingerprint density at radius 1 is 1.47 bits per heavy atom. The van der Waals surface area contributed by atoms with Gasteiger partial charge in [-0.3, -0.25) is 0 Å². The molecule has 5 nitrogen and oxygen atoms in total. The maximum atomic E-state index is 12.0. The lowest BCUT2D eigenvalue weighted by molar-refractivity contribution is -0.0282. The first-order valence-corrected chi connectivity index (χ1v) is 6.13. The van der Waals surface area contributed by atoms with Crippen LogP contribution in [0.15, 0.2) is 0 Å². The third-order valence-corrected chi connectivity index (χ3v) is 2.80. The smallest absolute Gasteiger partial charge is 0.410 e. The molecule has 100 valence electrons. The van der Waals surface area contributed by atoms with E-state index in [0.717, 1.165) is 6.42 Å². The highest BCUT2D eigenvalue weighted by atomic mass is 16.6. The average molecular weight is 245 g/mol. The largest absolute Gasteiger partial charge is 0.444 e. The van der Waals surface area contributed by atoms with Crippen LogP contribution in [-0.4, -0.2) is 52.1 Å². The maximum absolute atomic E-state index is 12.0. The molecule has 0 radical (unpaired) electrons. The molecule has 17 heavy (non-hydrogen) atoms. The van der Waals surface area contributed by atoms with Crippen LogP contribution in [0, 0.1) is 0 Å². The Hall–Kier alpha value is -0.810. The monoisotopic (exact) mass is 245 g/mol. The third-order valence-electron chi connectivity index (χ3n) is 2.80. The van der Waals surface area contributed by atoms with Gasteiger partial charge in [0.1, 0.15) is 5.60 Å². The normalized spacial score (nSPS) is 25.8. The number of nitrogens with zero attached hydrogens (tertiary/aromatic N) is 1. The highest BCUT2D eigenvalue weighted by molar-refractivity contribution is 5.68. The van der Waals surface area contributed by atoms with E-state index in [4.69, 9.17) is 9.84 Å². The van der Waals surface area contributed by atoms with E-state index in [2.05, 4.69) is 0 Å². The van der Waals surface area contributed by atoms with E-state index in [9.17, 15) is 9.90 Å². The fourth-order valence-electron chi connectivity index (χ4n) is 2.06. The predicted molar refractivity (Wildman–Crippen MR) is 63.7 cm³/mol. The number of aliphatic hydroxyl groups is 2. The van der Waals surface area contributed by atoms with Crippen LogP contribution >= 0.6 is 0 Å². The molecule has 0 unspecified atom stereocenters. The van der Waals surface area contributed by atoms with Gasteiger partial charge in [0, 0.05) is 13.2 Å². The summed E-state index contributed by atoms with van der Waals surface area (Å²) < 4.78 is 5.30. The van der Waals surface area contributed by atoms with Crippen molar-refractivity contribution in [2.24, 2.45) is 0 Å². The third kappa shape index (κ3) is 4.16. The number of carbonyl (C=O) groups is 1. The molecule has 1 fully saturated rings. The molecule has 2 N–H and O–H groups in total. The summed E-state index contributed by atoms with van der Waals surface area (Å²) in [5, 5.41) is 18.8. The number of carbonyl (C=O) groups excluding carboxylic acids is 1. The second-order valence-corrected chi connectivity index (χ2v) is 5.46. The van der Waals surface area contributed by atoms with Gasteiger partial charge in [-0.2, -0.15) is 0 Å². The standard InChI is InChI=1S/C12H23NO4/c1-12(2,3)17-11(16)13-7-4-5-10(15)9(13)6-8-14/h9-10,14-15H,4-8H2,1-3H3/t9-,10+/m1/s1. The van der Waals surface area contributed by atoms with Gasteiger partial charge in [0.2, 0.25) is 0 Å². The minimum absolute atomic E-state index is 0.0407. The molecule has 0 aliphatic carbocycles. The van der Waals surface area contributed by atoms with Crippen LogP contribution in [0.2, 0.25) is 0 Å². The van der Waals surface area contributed by atoms with Crippen molar-refractivity contribution in [1.82, 2.24) is 4.90 Å². The molecule has 0 saturated carbocycles. The van der Waals surface area contributed by atoms with E-state index in [-0.39, 0.29) is 12.6 Å². The molecular weight excluding hydrogens is 222 g/mol. The minimum atomic E-state index is -0.566. The van der Waals surface area contributed by atoms with Crippen molar-refractivity contribution in [3.8, 4) is 0 Å². The summed E-state index contributed by atoms with van der Waals surface area (Å²) in [5.41, 5.74) is -0.538. The van der Waals surface area contributed by atoms with Crippen molar-refractivity contribution < 1.29 is 19.7 Å². The summed E-state index contributed by atoms with van der Waals surface area (Å²) in [6.07, 6.45) is 0.852. The molecule has 0 aromatic carbocycles. The van der Waals surface area contributed by atoms with Crippen molar-refractivity contribution in [2.45, 2.75) is 57.8 Å². The quantitative estimate of drug-likeness (QED) is 0.765. The second kappa shape index (κ2) is 5.69. The van der Waals surface area contributed by atoms with Crippen LogP contribution < -0.4 is 0 Å². The molecule has 2 atom stereocenters. The highest BCUT2D eigenvalue weighted by Gasteiger charge is 2.35. The molecule has 1 saturated heterocycles. The molecule has 0 aromatic rings. The summed E-state index contributed by atoms with van der Waals surface area (Å²) in [6, 6.07) is -0.330. The fraction of sp³-hybridized carbons (Fsp3) is 0.917. The Morgan fingerprint density at radius 3 is 2.65 bits per heavy atom. The molecule has 5 heteroatoms. The second-order valence-electron chi connectivity index (χ2n) is 5.46. The summed E-state index contributed by atoms with van der Waals surface area (Å²) in [4.78, 5) is 13.5. The van der Waals surface area contributed by atoms with Crippen molar-refractivity contribution >= 4 is 6.09 Å². The first-order valence-electron chi connectivity index (χ1n) is 6.13. The number of ether oxygens (including phenoxy) is 1. The van der Waals surface area contributed by atoms with Crippen LogP contribution in [0.4, 0.5) is 4.79 Å². The van der Waals surface area contributed by atoms with Crippen LogP contribution in [0.5, 0.6) is 0 Å². The summed E-state index contributed by atoms with van der Waals surface area (Å²) in [7, 11) is 0. The first kappa shape index (κ1) is 14.3. The molecule has 1 heterocycles. The van der Waals surface area contributed by atoms with E-state index in [0.29, 0.717) is 19.4 Å². The number of likely N-dealkylation sites (tertiary alicyclic amines) is 1. The van der Waals surface area contributed by atoms with Gasteiger partial charge in [-0.25, -0.2) is 4.79 Å². The van der Waals surface area contributed by atoms with Crippen molar-refractivity contribution in [2.75, 3.05) is 13.2 Å². The lowest BCUT2D eigenvalue weighted by Gasteiger charge is -2.39. The summed E-state index contributed by atoms with van der Waals surface area (Å²) in [6.45, 7) is 5.97. The Morgan fingerprint density at radius 2 is 2.12 bits per heavy atom. The van der Waals surface area contributed by atoms with Crippen LogP contribution in [0.3, 0.4) is 0 Å². The molecule has 1 aliphatic heterocycles. The van der Waals surface area contributed by atoms with E-state index < -0.39 is 17.8 Å². The van der Waals surface area contributed by atoms with Gasteiger partial charge in [0.25, 0.3) is 0 Å². The summed E-state index contributed by atoms with van der Waals surface area (Å²) in [5.74, 6) is 0. The topological polar surface area (TPSA) is 70.0 Å². The van der Waals surface area contributed by atoms with Crippen LogP contribution in [0.1, 0.15) is 40.0 Å². The molecule has 1 amide bonds. The Kier molecular flexibility index (Phi) is 4.77. The zero-order valence-electron chi connectivity index (χ0n) is 10.8. The molecule has 1 rings (SSSR count). The highest BCUT2D eigenvalue weighted by Crippen LogP contribution is 2.22. The number of amides is 1. The van der Waals surface area contributed by atoms with E-state index >= 15 is 0 Å². The van der Waals surface area contributed by atoms with E-state index in [1.165, 1.54) is 4.90 Å². The lowest BCUT2D eigenvalue weighted by atomic mass is 9.97. The molecule has 0 aromatic heterocycles. The summed E-state index contributed by atoms with van der Waals surface area (Å²) >= 11 is 0. The Bertz CT molecular complexity index is 262. The van der Waals surface area contributed by atoms with Crippen molar-refractivity contribution in [3.05, 3.63) is 0 Å². The number of rotatable bonds is 2. The maximum Gasteiger partial charge on any atom is 0.410 e. The zero-order chi connectivity index (χ0) is 13.1. The van der Waals surface area contributed by atoms with E-state index in [1.807, 2.05) is 20.8 Å². The molecule has 0 bridgehead atoms. The number of hydrogen-bond donors (Lipinski definition) is 2. The van der Waals surface area contributed by atoms with Crippen molar-refractivity contribution in [1.29, 1.82) is 0 Å². The molecule has 1 aliphatic rings. The molecule has 0 spiro atoms. The molecular formula is C12H23NO4. The first-order chi connectivity index (χ1) is 7.85. The predicted octanol–water partition coefficient (Wildman–Crippen LogP) is 1.13. The SMILES string of the molecule is CC(C)(C)OC(=O)N1CCC[C@H](O)[C@H]1CCO. The number of hydrogen-bond acceptors (Lipinski definition) is 4. The number of piperidine rings is 1.